The minimum Gasteiger partial charge on any atom is -0.456 e. The second-order valence-corrected chi connectivity index (χ2v) is 13.2. The summed E-state index contributed by atoms with van der Waals surface area (Å²) in [4.78, 5) is 5.36. The Balaban J connectivity index is 1.29. The van der Waals surface area contributed by atoms with E-state index >= 15 is 0 Å². The van der Waals surface area contributed by atoms with Gasteiger partial charge in [0.25, 0.3) is 0 Å². The van der Waals surface area contributed by atoms with Crippen LogP contribution in [0.4, 0.5) is 0 Å². The van der Waals surface area contributed by atoms with Crippen LogP contribution in [0.15, 0.2) is 150 Å². The van der Waals surface area contributed by atoms with Gasteiger partial charge in [0.1, 0.15) is 17.0 Å². The maximum atomic E-state index is 6.35. The molecule has 0 radical (unpaired) electrons. The predicted molar refractivity (Wildman–Crippen MR) is 194 cm³/mol. The average Bonchev–Trinajstić information content (AvgIpc) is 3.73. The van der Waals surface area contributed by atoms with Gasteiger partial charge in [-0.2, -0.15) is 0 Å². The molecule has 0 amide bonds. The summed E-state index contributed by atoms with van der Waals surface area (Å²) in [7, 11) is 0. The predicted octanol–water partition coefficient (Wildman–Crippen LogP) is 11.7. The van der Waals surface area contributed by atoms with Crippen LogP contribution in [-0.2, 0) is 5.41 Å². The van der Waals surface area contributed by atoms with Gasteiger partial charge in [-0.15, -0.1) is 0 Å². The van der Waals surface area contributed by atoms with Crippen molar-refractivity contribution < 1.29 is 4.42 Å². The number of para-hydroxylation sites is 2. The summed E-state index contributed by atoms with van der Waals surface area (Å²) in [5.41, 5.74) is 13.6. The van der Waals surface area contributed by atoms with Gasteiger partial charge in [0.15, 0.2) is 0 Å². The summed E-state index contributed by atoms with van der Waals surface area (Å²) in [5, 5.41) is 4.86. The Kier molecular flexibility index (Phi) is 5.34. The van der Waals surface area contributed by atoms with Gasteiger partial charge in [-0.3, -0.25) is 4.57 Å². The molecular formula is C44H30N2O. The fraction of sp³-hybridized carbons (Fsp3) is 0.0682. The molecule has 222 valence electrons. The van der Waals surface area contributed by atoms with Crippen LogP contribution in [0.3, 0.4) is 0 Å². The lowest BCUT2D eigenvalue weighted by Gasteiger charge is -2.22. The fourth-order valence-electron chi connectivity index (χ4n) is 8.01. The van der Waals surface area contributed by atoms with Crippen LogP contribution in [0.1, 0.15) is 25.0 Å². The summed E-state index contributed by atoms with van der Waals surface area (Å²) in [5.74, 6) is 0.908. The largest absolute Gasteiger partial charge is 0.456 e. The summed E-state index contributed by atoms with van der Waals surface area (Å²) in [6, 6.07) is 51.9. The van der Waals surface area contributed by atoms with E-state index in [1.54, 1.807) is 0 Å². The maximum Gasteiger partial charge on any atom is 0.138 e. The van der Waals surface area contributed by atoms with Crippen LogP contribution in [0.25, 0.3) is 83.1 Å². The lowest BCUT2D eigenvalue weighted by Crippen LogP contribution is -2.15. The molecule has 0 saturated heterocycles. The Morgan fingerprint density at radius 1 is 0.532 bits per heavy atom. The van der Waals surface area contributed by atoms with Gasteiger partial charge >= 0.3 is 0 Å². The second-order valence-electron chi connectivity index (χ2n) is 13.2. The van der Waals surface area contributed by atoms with Gasteiger partial charge in [0, 0.05) is 32.5 Å². The van der Waals surface area contributed by atoms with Gasteiger partial charge in [-0.25, -0.2) is 4.98 Å². The third kappa shape index (κ3) is 3.71. The normalized spacial score (nSPS) is 13.5. The van der Waals surface area contributed by atoms with Gasteiger partial charge in [-0.05, 0) is 75.8 Å². The van der Waals surface area contributed by atoms with Gasteiger partial charge in [0.05, 0.1) is 16.7 Å². The van der Waals surface area contributed by atoms with Gasteiger partial charge < -0.3 is 4.42 Å². The molecule has 1 aliphatic rings. The van der Waals surface area contributed by atoms with Crippen molar-refractivity contribution in [1.82, 2.24) is 9.55 Å². The zero-order chi connectivity index (χ0) is 31.3. The van der Waals surface area contributed by atoms with Crippen molar-refractivity contribution in [1.29, 1.82) is 0 Å². The summed E-state index contributed by atoms with van der Waals surface area (Å²) < 4.78 is 8.71. The molecule has 47 heavy (non-hydrogen) atoms. The third-order valence-corrected chi connectivity index (χ3v) is 10.2. The average molecular weight is 603 g/mol. The first kappa shape index (κ1) is 26.3. The quantitative estimate of drug-likeness (QED) is 0.201. The fourth-order valence-corrected chi connectivity index (χ4v) is 8.01. The molecule has 0 bridgehead atoms. The molecule has 0 spiro atoms. The first-order chi connectivity index (χ1) is 23.1. The van der Waals surface area contributed by atoms with E-state index in [0.29, 0.717) is 0 Å². The van der Waals surface area contributed by atoms with Crippen molar-refractivity contribution in [3.05, 3.63) is 157 Å². The number of aromatic nitrogens is 2. The minimum atomic E-state index is -0.208. The number of nitrogens with zero attached hydrogens (tertiary/aromatic N) is 2. The van der Waals surface area contributed by atoms with Crippen LogP contribution >= 0.6 is 0 Å². The Morgan fingerprint density at radius 2 is 1.23 bits per heavy atom. The van der Waals surface area contributed by atoms with Crippen LogP contribution < -0.4 is 0 Å². The number of fused-ring (bicyclic) bond motifs is 10. The van der Waals surface area contributed by atoms with Gasteiger partial charge in [-0.1, -0.05) is 117 Å². The topological polar surface area (TPSA) is 31.0 Å². The molecule has 10 rings (SSSR count). The Hall–Kier alpha value is -5.93. The number of benzene rings is 6. The molecule has 0 fully saturated rings. The zero-order valence-corrected chi connectivity index (χ0v) is 26.2. The summed E-state index contributed by atoms with van der Waals surface area (Å²) >= 11 is 0. The van der Waals surface area contributed by atoms with E-state index in [2.05, 4.69) is 158 Å². The highest BCUT2D eigenvalue weighted by atomic mass is 16.3. The van der Waals surface area contributed by atoms with E-state index in [9.17, 15) is 0 Å². The first-order valence-corrected chi connectivity index (χ1v) is 16.2. The van der Waals surface area contributed by atoms with Crippen molar-refractivity contribution >= 4 is 43.7 Å². The Bertz CT molecular complexity index is 2640. The van der Waals surface area contributed by atoms with E-state index in [0.717, 1.165) is 44.8 Å². The van der Waals surface area contributed by atoms with Crippen molar-refractivity contribution in [2.75, 3.05) is 0 Å². The van der Waals surface area contributed by atoms with E-state index in [4.69, 9.17) is 9.40 Å². The number of hydrogen-bond donors (Lipinski definition) is 0. The second kappa shape index (κ2) is 9.54. The molecule has 6 aromatic carbocycles. The SMILES string of the molecule is CC1(C)c2cc3c4ccccc4n(-c4cc(-c5ccccc5)cc(-c5ccccc5)n4)c3cc2-c2ccc3oc4ccccc4c3c21. The lowest BCUT2D eigenvalue weighted by molar-refractivity contribution is 0.657. The highest BCUT2D eigenvalue weighted by Crippen LogP contribution is 2.54. The molecule has 3 heteroatoms. The van der Waals surface area contributed by atoms with E-state index in [1.165, 1.54) is 49.4 Å². The molecule has 3 nitrogen and oxygen atoms in total. The molecule has 0 saturated carbocycles. The van der Waals surface area contributed by atoms with E-state index < -0.39 is 0 Å². The van der Waals surface area contributed by atoms with Crippen molar-refractivity contribution in [3.63, 3.8) is 0 Å². The molecule has 0 atom stereocenters. The highest BCUT2D eigenvalue weighted by Gasteiger charge is 2.39. The maximum absolute atomic E-state index is 6.35. The van der Waals surface area contributed by atoms with Gasteiger partial charge in [0.2, 0.25) is 0 Å². The molecule has 0 N–H and O–H groups in total. The number of furan rings is 1. The number of pyridine rings is 1. The summed E-state index contributed by atoms with van der Waals surface area (Å²) in [6.07, 6.45) is 0. The molecular weight excluding hydrogens is 572 g/mol. The third-order valence-electron chi connectivity index (χ3n) is 10.2. The van der Waals surface area contributed by atoms with Crippen molar-refractivity contribution in [2.24, 2.45) is 0 Å². The zero-order valence-electron chi connectivity index (χ0n) is 26.2. The molecule has 3 heterocycles. The van der Waals surface area contributed by atoms with Crippen LogP contribution in [0.5, 0.6) is 0 Å². The number of rotatable bonds is 3. The Morgan fingerprint density at radius 3 is 2.04 bits per heavy atom. The van der Waals surface area contributed by atoms with E-state index in [1.807, 2.05) is 6.07 Å². The first-order valence-electron chi connectivity index (χ1n) is 16.2. The van der Waals surface area contributed by atoms with Crippen molar-refractivity contribution in [2.45, 2.75) is 19.3 Å². The standard InChI is InChI=1S/C44H30N2O/c1-44(2)35-25-34-30-17-9-11-19-37(30)46(41-24-29(27-13-5-3-6-14-27)23-36(45-41)28-15-7-4-8-16-28)38(34)26-33(35)31-21-22-40-42(43(31)44)32-18-10-12-20-39(32)47-40/h3-26H,1-2H3. The highest BCUT2D eigenvalue weighted by molar-refractivity contribution is 6.14. The molecule has 0 unspecified atom stereocenters. The molecule has 0 aliphatic heterocycles. The Labute approximate surface area is 272 Å². The van der Waals surface area contributed by atoms with Crippen LogP contribution in [0.2, 0.25) is 0 Å². The number of hydrogen-bond acceptors (Lipinski definition) is 2. The monoisotopic (exact) mass is 602 g/mol. The van der Waals surface area contributed by atoms with E-state index in [-0.39, 0.29) is 5.41 Å². The molecule has 9 aromatic rings. The molecule has 3 aromatic heterocycles. The minimum absolute atomic E-state index is 0.208. The summed E-state index contributed by atoms with van der Waals surface area (Å²) in [6.45, 7) is 4.72. The van der Waals surface area contributed by atoms with Crippen LogP contribution in [0, 0.1) is 0 Å². The van der Waals surface area contributed by atoms with Crippen LogP contribution in [-0.4, -0.2) is 9.55 Å². The molecule has 1 aliphatic carbocycles. The van der Waals surface area contributed by atoms with Crippen molar-refractivity contribution in [3.8, 4) is 39.3 Å². The lowest BCUT2D eigenvalue weighted by atomic mass is 9.80. The smallest absolute Gasteiger partial charge is 0.138 e.